The Morgan fingerprint density at radius 3 is 2.62 bits per heavy atom. The van der Waals surface area contributed by atoms with Crippen molar-refractivity contribution >= 4 is 17.3 Å². The van der Waals surface area contributed by atoms with E-state index in [1.54, 1.807) is 6.07 Å². The second-order valence-corrected chi connectivity index (χ2v) is 4.07. The van der Waals surface area contributed by atoms with Crippen molar-refractivity contribution in [1.82, 2.24) is 0 Å². The lowest BCUT2D eigenvalue weighted by Crippen LogP contribution is -2.14. The van der Waals surface area contributed by atoms with Gasteiger partial charge in [0.15, 0.2) is 0 Å². The van der Waals surface area contributed by atoms with Crippen LogP contribution in [0.2, 0.25) is 5.02 Å². The molecule has 1 unspecified atom stereocenters. The third-order valence-electron chi connectivity index (χ3n) is 2.54. The first-order chi connectivity index (χ1) is 6.18. The highest BCUT2D eigenvalue weighted by Gasteiger charge is 2.30. The maximum atomic E-state index is 6.03. The van der Waals surface area contributed by atoms with Crippen molar-refractivity contribution in [1.29, 1.82) is 0 Å². The number of rotatable bonds is 2. The Bertz CT molecular complexity index is 321. The minimum absolute atomic E-state index is 0.0947. The SMILES string of the molecule is Nc1cc(Cl)ccc1C(N)C1CC1. The van der Waals surface area contributed by atoms with Crippen molar-refractivity contribution < 1.29 is 0 Å². The topological polar surface area (TPSA) is 52.0 Å². The molecule has 0 aromatic heterocycles. The van der Waals surface area contributed by atoms with Crippen LogP contribution in [-0.2, 0) is 0 Å². The van der Waals surface area contributed by atoms with Gasteiger partial charge in [-0.1, -0.05) is 17.7 Å². The highest BCUT2D eigenvalue weighted by Crippen LogP contribution is 2.41. The largest absolute Gasteiger partial charge is 0.398 e. The molecule has 0 spiro atoms. The maximum Gasteiger partial charge on any atom is 0.0426 e. The first-order valence-electron chi connectivity index (χ1n) is 4.49. The summed E-state index contributed by atoms with van der Waals surface area (Å²) >= 11 is 5.80. The normalized spacial score (nSPS) is 18.6. The molecule has 1 fully saturated rings. The van der Waals surface area contributed by atoms with Crippen molar-refractivity contribution in [3.63, 3.8) is 0 Å². The van der Waals surface area contributed by atoms with Gasteiger partial charge in [0, 0.05) is 16.8 Å². The van der Waals surface area contributed by atoms with Crippen molar-refractivity contribution in [2.24, 2.45) is 11.7 Å². The molecule has 1 aromatic rings. The molecule has 1 saturated carbocycles. The van der Waals surface area contributed by atoms with Crippen molar-refractivity contribution in [3.8, 4) is 0 Å². The highest BCUT2D eigenvalue weighted by molar-refractivity contribution is 6.30. The monoisotopic (exact) mass is 196 g/mol. The molecule has 1 aliphatic rings. The molecular weight excluding hydrogens is 184 g/mol. The van der Waals surface area contributed by atoms with E-state index in [1.165, 1.54) is 12.8 Å². The fourth-order valence-electron chi connectivity index (χ4n) is 1.56. The van der Waals surface area contributed by atoms with Gasteiger partial charge in [0.2, 0.25) is 0 Å². The molecule has 13 heavy (non-hydrogen) atoms. The molecule has 2 rings (SSSR count). The van der Waals surface area contributed by atoms with E-state index in [-0.39, 0.29) is 6.04 Å². The summed E-state index contributed by atoms with van der Waals surface area (Å²) in [7, 11) is 0. The summed E-state index contributed by atoms with van der Waals surface area (Å²) < 4.78 is 0. The van der Waals surface area contributed by atoms with E-state index < -0.39 is 0 Å². The Morgan fingerprint density at radius 2 is 2.08 bits per heavy atom. The molecule has 1 aliphatic carbocycles. The number of hydrogen-bond acceptors (Lipinski definition) is 2. The third kappa shape index (κ3) is 1.79. The summed E-state index contributed by atoms with van der Waals surface area (Å²) in [5, 5.41) is 0.671. The Balaban J connectivity index is 2.28. The number of anilines is 1. The van der Waals surface area contributed by atoms with Gasteiger partial charge in [-0.25, -0.2) is 0 Å². The molecule has 1 aromatic carbocycles. The highest BCUT2D eigenvalue weighted by atomic mass is 35.5. The Hall–Kier alpha value is -0.730. The summed E-state index contributed by atoms with van der Waals surface area (Å²) in [6.07, 6.45) is 2.45. The predicted molar refractivity (Wildman–Crippen MR) is 55.5 cm³/mol. The zero-order valence-electron chi connectivity index (χ0n) is 7.33. The number of nitrogens with two attached hydrogens (primary N) is 2. The molecular formula is C10H13ClN2. The molecule has 4 N–H and O–H groups in total. The van der Waals surface area contributed by atoms with Gasteiger partial charge in [-0.2, -0.15) is 0 Å². The average molecular weight is 197 g/mol. The van der Waals surface area contributed by atoms with Crippen LogP contribution in [0.5, 0.6) is 0 Å². The van der Waals surface area contributed by atoms with Crippen LogP contribution < -0.4 is 11.5 Å². The van der Waals surface area contributed by atoms with Gasteiger partial charge >= 0.3 is 0 Å². The van der Waals surface area contributed by atoms with E-state index in [1.807, 2.05) is 12.1 Å². The molecule has 0 aliphatic heterocycles. The molecule has 2 nitrogen and oxygen atoms in total. The fourth-order valence-corrected chi connectivity index (χ4v) is 1.74. The first-order valence-corrected chi connectivity index (χ1v) is 4.87. The van der Waals surface area contributed by atoms with Crippen molar-refractivity contribution in [2.75, 3.05) is 5.73 Å². The van der Waals surface area contributed by atoms with Gasteiger partial charge < -0.3 is 11.5 Å². The standard InChI is InChI=1S/C10H13ClN2/c11-7-3-4-8(9(12)5-7)10(13)6-1-2-6/h3-6,10H,1-2,12-13H2. The van der Waals surface area contributed by atoms with Crippen molar-refractivity contribution in [2.45, 2.75) is 18.9 Å². The first kappa shape index (κ1) is 8.85. The van der Waals surface area contributed by atoms with Crippen LogP contribution in [0.1, 0.15) is 24.4 Å². The Labute approximate surface area is 82.9 Å². The van der Waals surface area contributed by atoms with E-state index in [9.17, 15) is 0 Å². The molecule has 3 heteroatoms. The molecule has 0 radical (unpaired) electrons. The summed E-state index contributed by atoms with van der Waals surface area (Å²) in [4.78, 5) is 0. The van der Waals surface area contributed by atoms with Gasteiger partial charge in [0.05, 0.1) is 0 Å². The van der Waals surface area contributed by atoms with E-state index >= 15 is 0 Å². The predicted octanol–water partition coefficient (Wildman–Crippen LogP) is 2.33. The van der Waals surface area contributed by atoms with Gasteiger partial charge in [-0.3, -0.25) is 0 Å². The van der Waals surface area contributed by atoms with E-state index in [0.29, 0.717) is 16.6 Å². The third-order valence-corrected chi connectivity index (χ3v) is 2.77. The minimum Gasteiger partial charge on any atom is -0.398 e. The molecule has 0 bridgehead atoms. The molecule has 70 valence electrons. The van der Waals surface area contributed by atoms with E-state index in [2.05, 4.69) is 0 Å². The van der Waals surface area contributed by atoms with E-state index in [4.69, 9.17) is 23.1 Å². The van der Waals surface area contributed by atoms with Crippen LogP contribution in [-0.4, -0.2) is 0 Å². The quantitative estimate of drug-likeness (QED) is 0.714. The van der Waals surface area contributed by atoms with Crippen LogP contribution in [0.3, 0.4) is 0 Å². The zero-order chi connectivity index (χ0) is 9.42. The lowest BCUT2D eigenvalue weighted by atomic mass is 10.0. The molecule has 0 heterocycles. The lowest BCUT2D eigenvalue weighted by Gasteiger charge is -2.13. The minimum atomic E-state index is 0.0947. The van der Waals surface area contributed by atoms with Crippen LogP contribution in [0, 0.1) is 5.92 Å². The second kappa shape index (κ2) is 3.20. The number of benzene rings is 1. The maximum absolute atomic E-state index is 6.03. The van der Waals surface area contributed by atoms with E-state index in [0.717, 1.165) is 5.56 Å². The van der Waals surface area contributed by atoms with Gasteiger partial charge in [-0.15, -0.1) is 0 Å². The summed E-state index contributed by atoms with van der Waals surface area (Å²) in [5.74, 6) is 0.628. The molecule has 0 saturated heterocycles. The van der Waals surface area contributed by atoms with Crippen molar-refractivity contribution in [3.05, 3.63) is 28.8 Å². The second-order valence-electron chi connectivity index (χ2n) is 3.64. The Morgan fingerprint density at radius 1 is 1.38 bits per heavy atom. The van der Waals surface area contributed by atoms with Gasteiger partial charge in [0.25, 0.3) is 0 Å². The van der Waals surface area contributed by atoms with Crippen LogP contribution in [0.25, 0.3) is 0 Å². The van der Waals surface area contributed by atoms with Crippen LogP contribution in [0.4, 0.5) is 5.69 Å². The summed E-state index contributed by atoms with van der Waals surface area (Å²) in [6, 6.07) is 5.63. The molecule has 0 amide bonds. The zero-order valence-corrected chi connectivity index (χ0v) is 8.09. The lowest BCUT2D eigenvalue weighted by molar-refractivity contribution is 0.635. The smallest absolute Gasteiger partial charge is 0.0426 e. The fraction of sp³-hybridized carbons (Fsp3) is 0.400. The number of hydrogen-bond donors (Lipinski definition) is 2. The molecule has 1 atom stereocenters. The average Bonchev–Trinajstić information content (AvgIpc) is 2.85. The van der Waals surface area contributed by atoms with Crippen LogP contribution >= 0.6 is 11.6 Å². The van der Waals surface area contributed by atoms with Gasteiger partial charge in [-0.05, 0) is 36.5 Å². The Kier molecular flexibility index (Phi) is 2.18. The van der Waals surface area contributed by atoms with Crippen LogP contribution in [0.15, 0.2) is 18.2 Å². The van der Waals surface area contributed by atoms with Gasteiger partial charge in [0.1, 0.15) is 0 Å². The number of halogens is 1. The summed E-state index contributed by atoms with van der Waals surface area (Å²) in [6.45, 7) is 0. The number of nitrogen functional groups attached to an aromatic ring is 1. The summed E-state index contributed by atoms with van der Waals surface area (Å²) in [5.41, 5.74) is 13.6.